The number of fused-ring (bicyclic) bond motifs is 2. The van der Waals surface area contributed by atoms with E-state index < -0.39 is 0 Å². The van der Waals surface area contributed by atoms with E-state index in [2.05, 4.69) is 10.3 Å². The van der Waals surface area contributed by atoms with Crippen molar-refractivity contribution in [3.8, 4) is 11.5 Å². The van der Waals surface area contributed by atoms with Crippen LogP contribution in [-0.2, 0) is 4.74 Å². The highest BCUT2D eigenvalue weighted by atomic mass is 32.1. The maximum atomic E-state index is 13.0. The molecule has 1 atom stereocenters. The molecule has 2 aliphatic rings. The van der Waals surface area contributed by atoms with Gasteiger partial charge in [-0.05, 0) is 44.4 Å². The van der Waals surface area contributed by atoms with Crippen molar-refractivity contribution in [2.24, 2.45) is 0 Å². The van der Waals surface area contributed by atoms with Gasteiger partial charge in [-0.25, -0.2) is 0 Å². The van der Waals surface area contributed by atoms with E-state index in [0.717, 1.165) is 29.3 Å². The van der Waals surface area contributed by atoms with E-state index in [4.69, 9.17) is 13.9 Å². The topological polar surface area (TPSA) is 93.9 Å². The van der Waals surface area contributed by atoms with Crippen molar-refractivity contribution in [2.45, 2.75) is 38.3 Å². The predicted octanol–water partition coefficient (Wildman–Crippen LogP) is 4.90. The molecule has 0 unspecified atom stereocenters. The minimum atomic E-state index is -0.0983. The van der Waals surface area contributed by atoms with E-state index in [1.165, 1.54) is 11.3 Å². The van der Waals surface area contributed by atoms with Gasteiger partial charge in [0, 0.05) is 50.0 Å². The maximum Gasteiger partial charge on any atom is 0.264 e. The quantitative estimate of drug-likeness (QED) is 0.413. The molecule has 9 heteroatoms. The van der Waals surface area contributed by atoms with E-state index in [9.17, 15) is 9.59 Å². The molecule has 0 spiro atoms. The molecule has 0 radical (unpaired) electrons. The monoisotopic (exact) mass is 491 g/mol. The van der Waals surface area contributed by atoms with Gasteiger partial charge >= 0.3 is 0 Å². The molecular formula is C26H25N3O5S. The second kappa shape index (κ2) is 8.66. The number of ether oxygens (including phenoxy) is 2. The Morgan fingerprint density at radius 3 is 2.83 bits per heavy atom. The molecule has 2 fully saturated rings. The molecule has 3 aromatic heterocycles. The Hall–Kier alpha value is -3.43. The molecule has 1 aliphatic heterocycles. The maximum absolute atomic E-state index is 13.0. The van der Waals surface area contributed by atoms with Crippen LogP contribution in [0.25, 0.3) is 21.2 Å². The number of aryl methyl sites for hydroxylation is 1. The number of benzene rings is 1. The van der Waals surface area contributed by atoms with Gasteiger partial charge in [-0.1, -0.05) is 0 Å². The minimum Gasteiger partial charge on any atom is -0.460 e. The van der Waals surface area contributed by atoms with Crippen LogP contribution in [0.5, 0.6) is 11.5 Å². The summed E-state index contributed by atoms with van der Waals surface area (Å²) in [5.41, 5.74) is 1.88. The van der Waals surface area contributed by atoms with Crippen molar-refractivity contribution < 1.29 is 23.5 Å². The highest BCUT2D eigenvalue weighted by molar-refractivity contribution is 7.21. The number of methoxy groups -OCH3 is 1. The van der Waals surface area contributed by atoms with E-state index in [0.29, 0.717) is 51.9 Å². The number of furan rings is 1. The zero-order chi connectivity index (χ0) is 24.1. The normalized spacial score (nSPS) is 17.9. The van der Waals surface area contributed by atoms with Crippen LogP contribution >= 0.6 is 11.3 Å². The third-order valence-corrected chi connectivity index (χ3v) is 7.68. The summed E-state index contributed by atoms with van der Waals surface area (Å²) in [6.07, 6.45) is 4.66. The Balaban J connectivity index is 1.27. The summed E-state index contributed by atoms with van der Waals surface area (Å²) < 4.78 is 18.3. The number of pyridine rings is 1. The second-order valence-corrected chi connectivity index (χ2v) is 10.1. The number of nitrogens with one attached hydrogen (secondary N) is 1. The average Bonchev–Trinajstić information content (AvgIpc) is 3.24. The number of carbonyl (C=O) groups is 2. The minimum absolute atomic E-state index is 0.0111. The Bertz CT molecular complexity index is 1450. The van der Waals surface area contributed by atoms with Gasteiger partial charge in [0.1, 0.15) is 22.8 Å². The van der Waals surface area contributed by atoms with Gasteiger partial charge in [0.15, 0.2) is 0 Å². The first-order valence-electron chi connectivity index (χ1n) is 11.7. The molecule has 8 nitrogen and oxygen atoms in total. The van der Waals surface area contributed by atoms with Crippen LogP contribution in [0.1, 0.15) is 45.1 Å². The van der Waals surface area contributed by atoms with Crippen molar-refractivity contribution >= 4 is 44.3 Å². The van der Waals surface area contributed by atoms with E-state index in [-0.39, 0.29) is 24.0 Å². The fraction of sp³-hybridized carbons (Fsp3) is 0.346. The predicted molar refractivity (Wildman–Crippen MR) is 132 cm³/mol. The molecule has 35 heavy (non-hydrogen) atoms. The third kappa shape index (κ3) is 4.15. The summed E-state index contributed by atoms with van der Waals surface area (Å²) in [6, 6.07) is 9.35. The smallest absolute Gasteiger partial charge is 0.264 e. The number of rotatable bonds is 6. The van der Waals surface area contributed by atoms with Gasteiger partial charge in [-0.3, -0.25) is 14.6 Å². The molecule has 0 bridgehead atoms. The lowest BCUT2D eigenvalue weighted by molar-refractivity contribution is 0.0728. The average molecular weight is 492 g/mol. The lowest BCUT2D eigenvalue weighted by Gasteiger charge is -2.14. The zero-order valence-electron chi connectivity index (χ0n) is 19.5. The Morgan fingerprint density at radius 1 is 1.20 bits per heavy atom. The van der Waals surface area contributed by atoms with Gasteiger partial charge in [-0.2, -0.15) is 0 Å². The first-order valence-corrected chi connectivity index (χ1v) is 12.5. The second-order valence-electron chi connectivity index (χ2n) is 9.07. The van der Waals surface area contributed by atoms with Crippen LogP contribution in [0.3, 0.4) is 0 Å². The van der Waals surface area contributed by atoms with E-state index in [1.807, 2.05) is 23.1 Å². The standard InChI is InChI=1S/C26H25N3O5S/c1-14-23(25(30)28-15-3-4-15)18-6-5-16(11-21(18)33-14)34-20-7-9-27-19-12-22(35-24(19)20)26(31)29-10-8-17(13-29)32-2/h5-7,9,11-12,15,17H,3-4,8,10,13H2,1-2H3,(H,28,30)/t17-/m1/s1. The summed E-state index contributed by atoms with van der Waals surface area (Å²) in [7, 11) is 1.68. The third-order valence-electron chi connectivity index (χ3n) is 6.56. The van der Waals surface area contributed by atoms with Crippen LogP contribution in [0.4, 0.5) is 0 Å². The summed E-state index contributed by atoms with van der Waals surface area (Å²) in [6.45, 7) is 3.09. The van der Waals surface area contributed by atoms with Crippen molar-refractivity contribution in [3.05, 3.63) is 52.7 Å². The Labute approximate surface area is 205 Å². The Morgan fingerprint density at radius 2 is 2.06 bits per heavy atom. The Kier molecular flexibility index (Phi) is 5.46. The molecule has 1 aliphatic carbocycles. The molecule has 2 amide bonds. The summed E-state index contributed by atoms with van der Waals surface area (Å²) in [5, 5.41) is 3.79. The molecule has 1 saturated heterocycles. The molecule has 1 N–H and O–H groups in total. The van der Waals surface area contributed by atoms with Crippen LogP contribution in [0.15, 0.2) is 40.9 Å². The molecule has 4 aromatic rings. The SMILES string of the molecule is CO[C@@H]1CCN(C(=O)c2cc3nccc(Oc4ccc5c(C(=O)NC6CC6)c(C)oc5c4)c3s2)C1. The summed E-state index contributed by atoms with van der Waals surface area (Å²) in [5.74, 6) is 1.67. The van der Waals surface area contributed by atoms with Gasteiger partial charge in [-0.15, -0.1) is 11.3 Å². The van der Waals surface area contributed by atoms with Crippen molar-refractivity contribution in [1.82, 2.24) is 15.2 Å². The van der Waals surface area contributed by atoms with Gasteiger partial charge in [0.05, 0.1) is 26.8 Å². The van der Waals surface area contributed by atoms with Crippen LogP contribution in [-0.4, -0.2) is 54.0 Å². The molecule has 6 rings (SSSR count). The first-order chi connectivity index (χ1) is 17.0. The van der Waals surface area contributed by atoms with Gasteiger partial charge in [0.2, 0.25) is 0 Å². The number of aromatic nitrogens is 1. The van der Waals surface area contributed by atoms with Crippen molar-refractivity contribution in [1.29, 1.82) is 0 Å². The van der Waals surface area contributed by atoms with Crippen LogP contribution in [0.2, 0.25) is 0 Å². The number of nitrogens with zero attached hydrogens (tertiary/aromatic N) is 2. The largest absolute Gasteiger partial charge is 0.460 e. The molecule has 1 saturated carbocycles. The van der Waals surface area contributed by atoms with E-state index >= 15 is 0 Å². The highest BCUT2D eigenvalue weighted by Gasteiger charge is 2.29. The van der Waals surface area contributed by atoms with Crippen molar-refractivity contribution in [2.75, 3.05) is 20.2 Å². The summed E-state index contributed by atoms with van der Waals surface area (Å²) >= 11 is 1.38. The highest BCUT2D eigenvalue weighted by Crippen LogP contribution is 2.37. The fourth-order valence-corrected chi connectivity index (χ4v) is 5.55. The number of amides is 2. The van der Waals surface area contributed by atoms with Crippen LogP contribution in [0, 0.1) is 6.92 Å². The molecule has 180 valence electrons. The summed E-state index contributed by atoms with van der Waals surface area (Å²) in [4.78, 5) is 32.6. The van der Waals surface area contributed by atoms with Crippen LogP contribution < -0.4 is 10.1 Å². The van der Waals surface area contributed by atoms with Gasteiger partial charge in [0.25, 0.3) is 11.8 Å². The fourth-order valence-electron chi connectivity index (χ4n) is 4.52. The van der Waals surface area contributed by atoms with Crippen molar-refractivity contribution in [3.63, 3.8) is 0 Å². The molecule has 1 aromatic carbocycles. The number of likely N-dealkylation sites (tertiary alicyclic amines) is 1. The number of hydrogen-bond acceptors (Lipinski definition) is 7. The van der Waals surface area contributed by atoms with Gasteiger partial charge < -0.3 is 24.1 Å². The molecule has 4 heterocycles. The lowest BCUT2D eigenvalue weighted by atomic mass is 10.1. The lowest BCUT2D eigenvalue weighted by Crippen LogP contribution is -2.29. The molecular weight excluding hydrogens is 466 g/mol. The zero-order valence-corrected chi connectivity index (χ0v) is 20.3. The number of carbonyl (C=O) groups excluding carboxylic acids is 2. The first kappa shape index (κ1) is 22.1. The van der Waals surface area contributed by atoms with E-state index in [1.54, 1.807) is 32.4 Å². The number of thiophene rings is 1. The number of hydrogen-bond donors (Lipinski definition) is 1.